The van der Waals surface area contributed by atoms with Gasteiger partial charge in [0, 0.05) is 31.2 Å². The van der Waals surface area contributed by atoms with Crippen molar-refractivity contribution in [1.82, 2.24) is 10.2 Å². The molecule has 142 valence electrons. The first-order valence-electron chi connectivity index (χ1n) is 9.10. The van der Waals surface area contributed by atoms with E-state index >= 15 is 0 Å². The van der Waals surface area contributed by atoms with Gasteiger partial charge in [-0.25, -0.2) is 4.79 Å². The molecule has 0 aliphatic carbocycles. The van der Waals surface area contributed by atoms with E-state index in [1.807, 2.05) is 60.4 Å². The fourth-order valence-corrected chi connectivity index (χ4v) is 3.07. The Hall–Kier alpha value is -3.02. The van der Waals surface area contributed by atoms with Gasteiger partial charge >= 0.3 is 6.03 Å². The van der Waals surface area contributed by atoms with Crippen LogP contribution >= 0.6 is 0 Å². The summed E-state index contributed by atoms with van der Waals surface area (Å²) in [7, 11) is 1.62. The number of methoxy groups -OCH3 is 1. The van der Waals surface area contributed by atoms with Crippen LogP contribution in [-0.4, -0.2) is 30.5 Å². The molecule has 6 heteroatoms. The third-order valence-corrected chi connectivity index (χ3v) is 4.76. The molecule has 6 nitrogen and oxygen atoms in total. The van der Waals surface area contributed by atoms with Gasteiger partial charge in [0.15, 0.2) is 0 Å². The van der Waals surface area contributed by atoms with Crippen molar-refractivity contribution in [2.24, 2.45) is 5.92 Å². The molecule has 3 rings (SSSR count). The topological polar surface area (TPSA) is 70.7 Å². The van der Waals surface area contributed by atoms with E-state index in [-0.39, 0.29) is 17.9 Å². The predicted molar refractivity (Wildman–Crippen MR) is 104 cm³/mol. The Morgan fingerprint density at radius 3 is 2.37 bits per heavy atom. The summed E-state index contributed by atoms with van der Waals surface area (Å²) in [5.41, 5.74) is 2.76. The number of carbonyl (C=O) groups excluding carboxylic acids is 2. The first-order chi connectivity index (χ1) is 13.0. The van der Waals surface area contributed by atoms with Gasteiger partial charge in [-0.3, -0.25) is 4.79 Å². The predicted octanol–water partition coefficient (Wildman–Crippen LogP) is 3.39. The monoisotopic (exact) mass is 367 g/mol. The van der Waals surface area contributed by atoms with E-state index in [4.69, 9.17) is 4.74 Å². The highest BCUT2D eigenvalue weighted by Gasteiger charge is 2.27. The van der Waals surface area contributed by atoms with Gasteiger partial charge in [-0.1, -0.05) is 31.2 Å². The number of rotatable bonds is 6. The van der Waals surface area contributed by atoms with Crippen molar-refractivity contribution >= 4 is 17.6 Å². The van der Waals surface area contributed by atoms with Gasteiger partial charge in [0.25, 0.3) is 0 Å². The van der Waals surface area contributed by atoms with Crippen molar-refractivity contribution in [2.75, 3.05) is 19.0 Å². The second kappa shape index (κ2) is 8.58. The van der Waals surface area contributed by atoms with Crippen LogP contribution in [0.3, 0.4) is 0 Å². The van der Waals surface area contributed by atoms with Crippen LogP contribution in [0.1, 0.15) is 24.5 Å². The molecule has 2 aromatic rings. The van der Waals surface area contributed by atoms with Crippen LogP contribution in [0, 0.1) is 5.92 Å². The van der Waals surface area contributed by atoms with E-state index in [0.717, 1.165) is 29.8 Å². The fourth-order valence-electron chi connectivity index (χ4n) is 3.07. The number of hydrogen-bond donors (Lipinski definition) is 2. The van der Waals surface area contributed by atoms with Gasteiger partial charge in [0.05, 0.1) is 7.11 Å². The van der Waals surface area contributed by atoms with Crippen LogP contribution in [0.15, 0.2) is 48.5 Å². The number of nitrogens with one attached hydrogen (secondary N) is 2. The third kappa shape index (κ3) is 5.00. The molecular weight excluding hydrogens is 342 g/mol. The minimum absolute atomic E-state index is 0.125. The Balaban J connectivity index is 1.47. The highest BCUT2D eigenvalue weighted by molar-refractivity contribution is 5.89. The van der Waals surface area contributed by atoms with E-state index < -0.39 is 0 Å². The molecule has 0 spiro atoms. The highest BCUT2D eigenvalue weighted by atomic mass is 16.5. The SMILES string of the molecule is COc1ccc(CNC(=O)Nc2ccc(CN3CCC(C)C3=O)cc2)cc1. The van der Waals surface area contributed by atoms with Crippen molar-refractivity contribution < 1.29 is 14.3 Å². The smallest absolute Gasteiger partial charge is 0.319 e. The number of urea groups is 1. The summed E-state index contributed by atoms with van der Waals surface area (Å²) in [6.07, 6.45) is 0.923. The maximum absolute atomic E-state index is 12.1. The zero-order chi connectivity index (χ0) is 19.2. The van der Waals surface area contributed by atoms with Crippen molar-refractivity contribution in [1.29, 1.82) is 0 Å². The van der Waals surface area contributed by atoms with Gasteiger partial charge in [-0.05, 0) is 41.8 Å². The average molecular weight is 367 g/mol. The van der Waals surface area contributed by atoms with Gasteiger partial charge in [-0.2, -0.15) is 0 Å². The number of ether oxygens (including phenoxy) is 1. The molecule has 3 amide bonds. The Labute approximate surface area is 159 Å². The molecule has 1 atom stereocenters. The molecule has 27 heavy (non-hydrogen) atoms. The maximum atomic E-state index is 12.1. The second-order valence-corrected chi connectivity index (χ2v) is 6.80. The number of hydrogen-bond acceptors (Lipinski definition) is 3. The van der Waals surface area contributed by atoms with Gasteiger partial charge in [0.1, 0.15) is 5.75 Å². The second-order valence-electron chi connectivity index (χ2n) is 6.80. The van der Waals surface area contributed by atoms with Crippen LogP contribution in [0.4, 0.5) is 10.5 Å². The molecular formula is C21H25N3O3. The summed E-state index contributed by atoms with van der Waals surface area (Å²) in [5, 5.41) is 5.64. The molecule has 2 N–H and O–H groups in total. The van der Waals surface area contributed by atoms with Crippen molar-refractivity contribution in [3.8, 4) is 5.75 Å². The Morgan fingerprint density at radius 1 is 1.11 bits per heavy atom. The molecule has 1 unspecified atom stereocenters. The average Bonchev–Trinajstić information content (AvgIpc) is 3.00. The van der Waals surface area contributed by atoms with E-state index in [2.05, 4.69) is 10.6 Å². The zero-order valence-corrected chi connectivity index (χ0v) is 15.7. The van der Waals surface area contributed by atoms with E-state index in [0.29, 0.717) is 18.8 Å². The number of benzene rings is 2. The van der Waals surface area contributed by atoms with Gasteiger partial charge in [-0.15, -0.1) is 0 Å². The molecule has 1 aliphatic heterocycles. The molecule has 1 heterocycles. The molecule has 0 saturated carbocycles. The van der Waals surface area contributed by atoms with Crippen LogP contribution in [0.25, 0.3) is 0 Å². The summed E-state index contributed by atoms with van der Waals surface area (Å²) in [6, 6.07) is 14.9. The third-order valence-electron chi connectivity index (χ3n) is 4.76. The molecule has 1 saturated heterocycles. The maximum Gasteiger partial charge on any atom is 0.319 e. The molecule has 1 aliphatic rings. The fraction of sp³-hybridized carbons (Fsp3) is 0.333. The number of carbonyl (C=O) groups is 2. The number of anilines is 1. The summed E-state index contributed by atoms with van der Waals surface area (Å²) in [4.78, 5) is 25.9. The quantitative estimate of drug-likeness (QED) is 0.822. The minimum atomic E-state index is -0.262. The molecule has 0 bridgehead atoms. The molecule has 0 radical (unpaired) electrons. The van der Waals surface area contributed by atoms with Crippen LogP contribution in [0.5, 0.6) is 5.75 Å². The Kier molecular flexibility index (Phi) is 5.96. The Morgan fingerprint density at radius 2 is 1.78 bits per heavy atom. The van der Waals surface area contributed by atoms with Crippen LogP contribution in [-0.2, 0) is 17.9 Å². The lowest BCUT2D eigenvalue weighted by Gasteiger charge is -2.16. The number of amides is 3. The standard InChI is InChI=1S/C21H25N3O3/c1-15-11-12-24(20(15)25)14-17-3-7-18(8-4-17)23-21(26)22-13-16-5-9-19(27-2)10-6-16/h3-10,15H,11-14H2,1-2H3,(H2,22,23,26). The summed E-state index contributed by atoms with van der Waals surface area (Å²) in [5.74, 6) is 1.13. The Bertz CT molecular complexity index is 787. The lowest BCUT2D eigenvalue weighted by molar-refractivity contribution is -0.131. The summed E-state index contributed by atoms with van der Waals surface area (Å²) < 4.78 is 5.11. The van der Waals surface area contributed by atoms with Crippen molar-refractivity contribution in [2.45, 2.75) is 26.4 Å². The number of likely N-dealkylation sites (tertiary alicyclic amines) is 1. The lowest BCUT2D eigenvalue weighted by atomic mass is 10.1. The summed E-state index contributed by atoms with van der Waals surface area (Å²) >= 11 is 0. The minimum Gasteiger partial charge on any atom is -0.497 e. The van der Waals surface area contributed by atoms with Crippen LogP contribution in [0.2, 0.25) is 0 Å². The van der Waals surface area contributed by atoms with Crippen molar-refractivity contribution in [3.05, 3.63) is 59.7 Å². The normalized spacial score (nSPS) is 16.3. The number of nitrogens with zero attached hydrogens (tertiary/aromatic N) is 1. The molecule has 1 fully saturated rings. The van der Waals surface area contributed by atoms with Gasteiger partial charge < -0.3 is 20.3 Å². The van der Waals surface area contributed by atoms with Crippen LogP contribution < -0.4 is 15.4 Å². The largest absolute Gasteiger partial charge is 0.497 e. The molecule has 2 aromatic carbocycles. The zero-order valence-electron chi connectivity index (χ0n) is 15.7. The first kappa shape index (κ1) is 18.8. The van der Waals surface area contributed by atoms with E-state index in [9.17, 15) is 9.59 Å². The summed E-state index contributed by atoms with van der Waals surface area (Å²) in [6.45, 7) is 3.84. The van der Waals surface area contributed by atoms with E-state index in [1.165, 1.54) is 0 Å². The molecule has 0 aromatic heterocycles. The first-order valence-corrected chi connectivity index (χ1v) is 9.10. The lowest BCUT2D eigenvalue weighted by Crippen LogP contribution is -2.28. The van der Waals surface area contributed by atoms with Crippen molar-refractivity contribution in [3.63, 3.8) is 0 Å². The van der Waals surface area contributed by atoms with E-state index in [1.54, 1.807) is 7.11 Å². The highest BCUT2D eigenvalue weighted by Crippen LogP contribution is 2.20. The van der Waals surface area contributed by atoms with Gasteiger partial charge in [0.2, 0.25) is 5.91 Å².